The maximum Gasteiger partial charge on any atom is 0.251 e. The highest BCUT2D eigenvalue weighted by Gasteiger charge is 2.10. The number of nitrogens with zero attached hydrogens (tertiary/aromatic N) is 1. The van der Waals surface area contributed by atoms with Gasteiger partial charge in [0, 0.05) is 23.9 Å². The first kappa shape index (κ1) is 15.1. The first-order chi connectivity index (χ1) is 10.1. The van der Waals surface area contributed by atoms with Gasteiger partial charge in [-0.25, -0.2) is 0 Å². The Balaban J connectivity index is 1.98. The number of hydrogen-bond acceptors (Lipinski definition) is 4. The third-order valence-corrected chi connectivity index (χ3v) is 3.15. The number of nitrogens with one attached hydrogen (secondary N) is 2. The Hall–Kier alpha value is -2.30. The van der Waals surface area contributed by atoms with Crippen molar-refractivity contribution in [2.75, 3.05) is 11.9 Å². The number of amides is 1. The second kappa shape index (κ2) is 6.92. The molecule has 0 unspecified atom stereocenters. The number of aromatic nitrogens is 1. The second-order valence-electron chi connectivity index (χ2n) is 5.07. The van der Waals surface area contributed by atoms with Crippen molar-refractivity contribution >= 4 is 11.6 Å². The van der Waals surface area contributed by atoms with E-state index in [0.29, 0.717) is 17.9 Å². The van der Waals surface area contributed by atoms with Crippen LogP contribution in [0.25, 0.3) is 0 Å². The molecular formula is C16H21N3O2. The molecule has 0 aliphatic heterocycles. The van der Waals surface area contributed by atoms with Crippen molar-refractivity contribution in [1.82, 2.24) is 10.5 Å². The van der Waals surface area contributed by atoms with Gasteiger partial charge in [-0.1, -0.05) is 12.1 Å². The van der Waals surface area contributed by atoms with Crippen LogP contribution in [0.5, 0.6) is 0 Å². The molecule has 5 heteroatoms. The molecule has 2 aromatic rings. The summed E-state index contributed by atoms with van der Waals surface area (Å²) < 4.78 is 5.07. The smallest absolute Gasteiger partial charge is 0.251 e. The summed E-state index contributed by atoms with van der Waals surface area (Å²) in [4.78, 5) is 12.2. The van der Waals surface area contributed by atoms with Gasteiger partial charge >= 0.3 is 0 Å². The molecule has 0 saturated heterocycles. The van der Waals surface area contributed by atoms with Crippen molar-refractivity contribution in [2.45, 2.75) is 33.7 Å². The number of rotatable bonds is 6. The molecule has 1 heterocycles. The van der Waals surface area contributed by atoms with Gasteiger partial charge in [0.1, 0.15) is 0 Å². The molecule has 112 valence electrons. The summed E-state index contributed by atoms with van der Waals surface area (Å²) >= 11 is 0. The Bertz CT molecular complexity index is 620. The zero-order chi connectivity index (χ0) is 15.2. The normalized spacial score (nSPS) is 10.4. The van der Waals surface area contributed by atoms with E-state index in [-0.39, 0.29) is 5.91 Å². The molecule has 1 amide bonds. The van der Waals surface area contributed by atoms with Gasteiger partial charge in [0.2, 0.25) is 0 Å². The Kier molecular flexibility index (Phi) is 4.98. The van der Waals surface area contributed by atoms with Crippen LogP contribution in [-0.2, 0) is 6.54 Å². The van der Waals surface area contributed by atoms with Crippen LogP contribution in [0, 0.1) is 13.8 Å². The third-order valence-electron chi connectivity index (χ3n) is 3.15. The Morgan fingerprint density at radius 2 is 2.10 bits per heavy atom. The number of carbonyl (C=O) groups excluding carboxylic acids is 1. The maximum atomic E-state index is 12.2. The quantitative estimate of drug-likeness (QED) is 0.857. The fourth-order valence-corrected chi connectivity index (χ4v) is 2.06. The lowest BCUT2D eigenvalue weighted by molar-refractivity contribution is 0.0946. The minimum absolute atomic E-state index is 0.108. The molecule has 0 aliphatic rings. The molecule has 0 aliphatic carbocycles. The largest absolute Gasteiger partial charge is 0.385 e. The predicted molar refractivity (Wildman–Crippen MR) is 82.4 cm³/mol. The van der Waals surface area contributed by atoms with Crippen molar-refractivity contribution in [3.8, 4) is 0 Å². The van der Waals surface area contributed by atoms with Crippen LogP contribution in [0.15, 0.2) is 28.8 Å². The molecule has 0 spiro atoms. The molecule has 0 radical (unpaired) electrons. The number of hydrogen-bond donors (Lipinski definition) is 2. The Morgan fingerprint density at radius 3 is 2.71 bits per heavy atom. The van der Waals surface area contributed by atoms with Crippen molar-refractivity contribution in [3.63, 3.8) is 0 Å². The Morgan fingerprint density at radius 1 is 1.29 bits per heavy atom. The first-order valence-electron chi connectivity index (χ1n) is 7.15. The first-order valence-corrected chi connectivity index (χ1v) is 7.15. The summed E-state index contributed by atoms with van der Waals surface area (Å²) in [5, 5.41) is 9.94. The van der Waals surface area contributed by atoms with Gasteiger partial charge in [-0.3, -0.25) is 4.79 Å². The third kappa shape index (κ3) is 4.08. The topological polar surface area (TPSA) is 67.2 Å². The van der Waals surface area contributed by atoms with E-state index in [2.05, 4.69) is 22.7 Å². The minimum Gasteiger partial charge on any atom is -0.385 e. The zero-order valence-corrected chi connectivity index (χ0v) is 12.7. The lowest BCUT2D eigenvalue weighted by atomic mass is 10.1. The van der Waals surface area contributed by atoms with Crippen molar-refractivity contribution in [1.29, 1.82) is 0 Å². The predicted octanol–water partition coefficient (Wildman–Crippen LogP) is 3.04. The van der Waals surface area contributed by atoms with Crippen LogP contribution in [0.1, 0.15) is 40.7 Å². The van der Waals surface area contributed by atoms with E-state index in [1.165, 1.54) is 0 Å². The van der Waals surface area contributed by atoms with Gasteiger partial charge < -0.3 is 15.2 Å². The van der Waals surface area contributed by atoms with Crippen molar-refractivity contribution < 1.29 is 9.32 Å². The number of aryl methyl sites for hydroxylation is 2. The fraction of sp³-hybridized carbons (Fsp3) is 0.375. The maximum absolute atomic E-state index is 12.2. The minimum atomic E-state index is -0.108. The summed E-state index contributed by atoms with van der Waals surface area (Å²) in [5.74, 6) is 0.545. The van der Waals surface area contributed by atoms with Gasteiger partial charge in [-0.2, -0.15) is 0 Å². The van der Waals surface area contributed by atoms with E-state index in [1.54, 1.807) is 0 Å². The molecule has 0 atom stereocenters. The van der Waals surface area contributed by atoms with Crippen molar-refractivity contribution in [3.05, 3.63) is 46.8 Å². The molecule has 0 saturated carbocycles. The summed E-state index contributed by atoms with van der Waals surface area (Å²) in [5.41, 5.74) is 3.47. The highest BCUT2D eigenvalue weighted by Crippen LogP contribution is 2.15. The van der Waals surface area contributed by atoms with E-state index in [1.807, 2.05) is 38.1 Å². The Labute approximate surface area is 124 Å². The van der Waals surface area contributed by atoms with Gasteiger partial charge in [0.25, 0.3) is 5.91 Å². The summed E-state index contributed by atoms with van der Waals surface area (Å²) in [7, 11) is 0. The zero-order valence-electron chi connectivity index (χ0n) is 12.7. The molecule has 0 bridgehead atoms. The van der Waals surface area contributed by atoms with Crippen LogP contribution in [-0.4, -0.2) is 17.6 Å². The van der Waals surface area contributed by atoms with E-state index >= 15 is 0 Å². The SMILES string of the molecule is CCCNc1ccc(C(=O)NCc2cc(C)no2)c(C)c1. The van der Waals surface area contributed by atoms with Gasteiger partial charge in [-0.15, -0.1) is 0 Å². The fourth-order valence-electron chi connectivity index (χ4n) is 2.06. The van der Waals surface area contributed by atoms with E-state index < -0.39 is 0 Å². The number of benzene rings is 1. The average molecular weight is 287 g/mol. The number of carbonyl (C=O) groups is 1. The molecular weight excluding hydrogens is 266 g/mol. The van der Waals surface area contributed by atoms with Gasteiger partial charge in [-0.05, 0) is 44.0 Å². The van der Waals surface area contributed by atoms with Crippen molar-refractivity contribution in [2.24, 2.45) is 0 Å². The summed E-state index contributed by atoms with van der Waals surface area (Å²) in [6, 6.07) is 7.57. The van der Waals surface area contributed by atoms with Crippen LogP contribution in [0.4, 0.5) is 5.69 Å². The van der Waals surface area contributed by atoms with Crippen LogP contribution in [0.2, 0.25) is 0 Å². The van der Waals surface area contributed by atoms with E-state index in [4.69, 9.17) is 4.52 Å². The van der Waals surface area contributed by atoms with Crippen LogP contribution in [0.3, 0.4) is 0 Å². The molecule has 1 aromatic heterocycles. The number of anilines is 1. The van der Waals surface area contributed by atoms with E-state index in [0.717, 1.165) is 29.9 Å². The highest BCUT2D eigenvalue weighted by atomic mass is 16.5. The van der Waals surface area contributed by atoms with Gasteiger partial charge in [0.15, 0.2) is 5.76 Å². The van der Waals surface area contributed by atoms with Gasteiger partial charge in [0.05, 0.1) is 12.2 Å². The molecule has 1 aromatic carbocycles. The highest BCUT2D eigenvalue weighted by molar-refractivity contribution is 5.96. The molecule has 0 fully saturated rings. The summed E-state index contributed by atoms with van der Waals surface area (Å²) in [6.07, 6.45) is 1.07. The summed E-state index contributed by atoms with van der Waals surface area (Å²) in [6.45, 7) is 7.17. The average Bonchev–Trinajstić information content (AvgIpc) is 2.88. The lowest BCUT2D eigenvalue weighted by Crippen LogP contribution is -2.23. The monoisotopic (exact) mass is 287 g/mol. The molecule has 2 N–H and O–H groups in total. The van der Waals surface area contributed by atoms with E-state index in [9.17, 15) is 4.79 Å². The molecule has 21 heavy (non-hydrogen) atoms. The second-order valence-corrected chi connectivity index (χ2v) is 5.07. The molecule has 5 nitrogen and oxygen atoms in total. The van der Waals surface area contributed by atoms with Crippen LogP contribution < -0.4 is 10.6 Å². The van der Waals surface area contributed by atoms with Crippen LogP contribution >= 0.6 is 0 Å². The standard InChI is InChI=1S/C16H21N3O2/c1-4-7-17-13-5-6-15(11(2)8-13)16(20)18-10-14-9-12(3)19-21-14/h5-6,8-9,17H,4,7,10H2,1-3H3,(H,18,20). The lowest BCUT2D eigenvalue weighted by Gasteiger charge is -2.10. The molecule has 2 rings (SSSR count).